The predicted molar refractivity (Wildman–Crippen MR) is 104 cm³/mol. The molecule has 3 rings (SSSR count). The van der Waals surface area contributed by atoms with Gasteiger partial charge in [0.2, 0.25) is 5.91 Å². The van der Waals surface area contributed by atoms with Crippen LogP contribution in [0.2, 0.25) is 5.02 Å². The van der Waals surface area contributed by atoms with Gasteiger partial charge in [-0.25, -0.2) is 4.39 Å². The van der Waals surface area contributed by atoms with Gasteiger partial charge in [0.05, 0.1) is 4.91 Å². The Kier molecular flexibility index (Phi) is 5.62. The number of nitrogens with zero attached hydrogens (tertiary/aromatic N) is 1. The van der Waals surface area contributed by atoms with Crippen LogP contribution in [0.25, 0.3) is 6.08 Å². The van der Waals surface area contributed by atoms with Crippen molar-refractivity contribution < 1.29 is 18.8 Å². The molecule has 27 heavy (non-hydrogen) atoms. The molecule has 1 aliphatic rings. The smallest absolute Gasteiger partial charge is 0.294 e. The zero-order valence-electron chi connectivity index (χ0n) is 14.2. The minimum Gasteiger partial charge on any atom is -0.324 e. The summed E-state index contributed by atoms with van der Waals surface area (Å²) < 4.78 is 13.3. The number of imide groups is 1. The highest BCUT2D eigenvalue weighted by molar-refractivity contribution is 8.18. The lowest BCUT2D eigenvalue weighted by Crippen LogP contribution is -2.36. The molecule has 1 fully saturated rings. The standard InChI is InChI=1S/C19H14ClFN2O3S/c1-11-5-6-14(9-15(11)20)22-17(24)10-23-18(25)16(27-19(23)26)8-12-3-2-4-13(21)7-12/h2-9H,10H2,1H3,(H,22,24)/b16-8+. The Balaban J connectivity index is 1.69. The van der Waals surface area contributed by atoms with Crippen LogP contribution in [0.1, 0.15) is 11.1 Å². The Morgan fingerprint density at radius 2 is 2.04 bits per heavy atom. The third-order valence-corrected chi connectivity index (χ3v) is 5.09. The Labute approximate surface area is 164 Å². The SMILES string of the molecule is Cc1ccc(NC(=O)CN2C(=O)S/C(=C/c3cccc(F)c3)C2=O)cc1Cl. The summed E-state index contributed by atoms with van der Waals surface area (Å²) in [7, 11) is 0. The van der Waals surface area contributed by atoms with Crippen LogP contribution in [-0.4, -0.2) is 28.5 Å². The van der Waals surface area contributed by atoms with Crippen molar-refractivity contribution in [3.05, 3.63) is 69.3 Å². The van der Waals surface area contributed by atoms with Crippen LogP contribution in [0.3, 0.4) is 0 Å². The zero-order valence-corrected chi connectivity index (χ0v) is 15.7. The van der Waals surface area contributed by atoms with Gasteiger partial charge in [0.25, 0.3) is 11.1 Å². The molecule has 0 bridgehead atoms. The molecule has 0 aliphatic carbocycles. The van der Waals surface area contributed by atoms with Crippen molar-refractivity contribution in [1.82, 2.24) is 4.90 Å². The van der Waals surface area contributed by atoms with Gasteiger partial charge in [0.15, 0.2) is 0 Å². The normalized spacial score (nSPS) is 15.5. The number of nitrogens with one attached hydrogen (secondary N) is 1. The second-order valence-electron chi connectivity index (χ2n) is 5.84. The van der Waals surface area contributed by atoms with E-state index in [1.807, 2.05) is 6.92 Å². The van der Waals surface area contributed by atoms with Crippen LogP contribution in [-0.2, 0) is 9.59 Å². The fourth-order valence-electron chi connectivity index (χ4n) is 2.40. The molecule has 1 heterocycles. The van der Waals surface area contributed by atoms with Crippen molar-refractivity contribution in [2.24, 2.45) is 0 Å². The molecule has 0 unspecified atom stereocenters. The number of benzene rings is 2. The Hall–Kier alpha value is -2.64. The largest absolute Gasteiger partial charge is 0.324 e. The number of anilines is 1. The van der Waals surface area contributed by atoms with Crippen LogP contribution >= 0.6 is 23.4 Å². The van der Waals surface area contributed by atoms with E-state index in [0.29, 0.717) is 28.0 Å². The molecule has 1 saturated heterocycles. The van der Waals surface area contributed by atoms with Gasteiger partial charge in [-0.2, -0.15) is 0 Å². The van der Waals surface area contributed by atoms with Crippen molar-refractivity contribution in [3.8, 4) is 0 Å². The molecule has 2 aromatic carbocycles. The van der Waals surface area contributed by atoms with Gasteiger partial charge in [0.1, 0.15) is 12.4 Å². The summed E-state index contributed by atoms with van der Waals surface area (Å²) in [6.07, 6.45) is 1.42. The summed E-state index contributed by atoms with van der Waals surface area (Å²) in [5.41, 5.74) is 1.79. The van der Waals surface area contributed by atoms with E-state index in [2.05, 4.69) is 5.32 Å². The lowest BCUT2D eigenvalue weighted by atomic mass is 10.2. The average molecular weight is 405 g/mol. The number of halogens is 2. The maximum Gasteiger partial charge on any atom is 0.294 e. The predicted octanol–water partition coefficient (Wildman–Crippen LogP) is 4.46. The number of amides is 3. The molecule has 0 atom stereocenters. The fraction of sp³-hybridized carbons (Fsp3) is 0.105. The van der Waals surface area contributed by atoms with Gasteiger partial charge in [0, 0.05) is 10.7 Å². The van der Waals surface area contributed by atoms with E-state index in [9.17, 15) is 18.8 Å². The molecular weight excluding hydrogens is 391 g/mol. The molecule has 0 radical (unpaired) electrons. The topological polar surface area (TPSA) is 66.5 Å². The lowest BCUT2D eigenvalue weighted by Gasteiger charge is -2.13. The van der Waals surface area contributed by atoms with Crippen molar-refractivity contribution >= 4 is 52.2 Å². The first-order valence-electron chi connectivity index (χ1n) is 7.90. The van der Waals surface area contributed by atoms with E-state index in [1.54, 1.807) is 24.3 Å². The van der Waals surface area contributed by atoms with E-state index in [0.717, 1.165) is 10.5 Å². The van der Waals surface area contributed by atoms with Gasteiger partial charge >= 0.3 is 0 Å². The average Bonchev–Trinajstić information content (AvgIpc) is 2.86. The zero-order chi connectivity index (χ0) is 19.6. The molecule has 5 nitrogen and oxygen atoms in total. The van der Waals surface area contributed by atoms with Crippen molar-refractivity contribution in [3.63, 3.8) is 0 Å². The summed E-state index contributed by atoms with van der Waals surface area (Å²) in [5, 5.41) is 2.54. The van der Waals surface area contributed by atoms with Crippen LogP contribution < -0.4 is 5.32 Å². The monoisotopic (exact) mass is 404 g/mol. The number of carbonyl (C=O) groups excluding carboxylic acids is 3. The van der Waals surface area contributed by atoms with Crippen LogP contribution in [0.5, 0.6) is 0 Å². The van der Waals surface area contributed by atoms with Gasteiger partial charge in [-0.3, -0.25) is 19.3 Å². The molecule has 0 spiro atoms. The number of thioether (sulfide) groups is 1. The van der Waals surface area contributed by atoms with Gasteiger partial charge < -0.3 is 5.32 Å². The van der Waals surface area contributed by atoms with Crippen LogP contribution in [0, 0.1) is 12.7 Å². The Morgan fingerprint density at radius 1 is 1.26 bits per heavy atom. The van der Waals surface area contributed by atoms with E-state index in [1.165, 1.54) is 24.3 Å². The maximum absolute atomic E-state index is 13.3. The summed E-state index contributed by atoms with van der Waals surface area (Å²) in [6.45, 7) is 1.41. The molecular formula is C19H14ClFN2O3S. The number of hydrogen-bond donors (Lipinski definition) is 1. The van der Waals surface area contributed by atoms with Gasteiger partial charge in [-0.05, 0) is 60.2 Å². The first kappa shape index (κ1) is 19.1. The molecule has 1 aliphatic heterocycles. The van der Waals surface area contributed by atoms with E-state index in [4.69, 9.17) is 11.6 Å². The Morgan fingerprint density at radius 3 is 2.74 bits per heavy atom. The van der Waals surface area contributed by atoms with Crippen molar-refractivity contribution in [2.45, 2.75) is 6.92 Å². The highest BCUT2D eigenvalue weighted by Gasteiger charge is 2.36. The third kappa shape index (κ3) is 4.56. The quantitative estimate of drug-likeness (QED) is 0.764. The van der Waals surface area contributed by atoms with E-state index < -0.39 is 29.4 Å². The van der Waals surface area contributed by atoms with E-state index in [-0.39, 0.29) is 4.91 Å². The van der Waals surface area contributed by atoms with Crippen molar-refractivity contribution in [1.29, 1.82) is 0 Å². The second-order valence-corrected chi connectivity index (χ2v) is 7.24. The summed E-state index contributed by atoms with van der Waals surface area (Å²) in [4.78, 5) is 37.7. The van der Waals surface area contributed by atoms with Crippen LogP contribution in [0.4, 0.5) is 14.9 Å². The molecule has 138 valence electrons. The highest BCUT2D eigenvalue weighted by atomic mass is 35.5. The molecule has 1 N–H and O–H groups in total. The summed E-state index contributed by atoms with van der Waals surface area (Å²) >= 11 is 6.72. The summed E-state index contributed by atoms with van der Waals surface area (Å²) in [5.74, 6) is -1.56. The first-order valence-corrected chi connectivity index (χ1v) is 9.10. The van der Waals surface area contributed by atoms with Gasteiger partial charge in [-0.15, -0.1) is 0 Å². The molecule has 0 saturated carbocycles. The number of hydrogen-bond acceptors (Lipinski definition) is 4. The fourth-order valence-corrected chi connectivity index (χ4v) is 3.42. The number of carbonyl (C=O) groups is 3. The maximum atomic E-state index is 13.3. The molecule has 3 amide bonds. The Bertz CT molecular complexity index is 977. The minimum atomic E-state index is -0.591. The highest BCUT2D eigenvalue weighted by Crippen LogP contribution is 2.32. The van der Waals surface area contributed by atoms with Gasteiger partial charge in [-0.1, -0.05) is 29.8 Å². The number of rotatable bonds is 4. The number of aryl methyl sites for hydroxylation is 1. The van der Waals surface area contributed by atoms with E-state index >= 15 is 0 Å². The van der Waals surface area contributed by atoms with Crippen molar-refractivity contribution in [2.75, 3.05) is 11.9 Å². The lowest BCUT2D eigenvalue weighted by molar-refractivity contribution is -0.127. The third-order valence-electron chi connectivity index (χ3n) is 3.78. The first-order chi connectivity index (χ1) is 12.8. The molecule has 2 aromatic rings. The summed E-state index contributed by atoms with van der Waals surface area (Å²) in [6, 6.07) is 10.7. The van der Waals surface area contributed by atoms with Crippen LogP contribution in [0.15, 0.2) is 47.4 Å². The molecule has 8 heteroatoms. The molecule has 0 aromatic heterocycles. The second kappa shape index (κ2) is 7.94. The minimum absolute atomic E-state index is 0.136.